The number of aromatic carboxylic acids is 6. The first-order chi connectivity index (χ1) is 44.0. The van der Waals surface area contributed by atoms with Crippen molar-refractivity contribution in [2.75, 3.05) is 92.8 Å². The average Bonchev–Trinajstić information content (AvgIpc) is 0.894. The fourth-order valence-corrected chi connectivity index (χ4v) is 7.37. The Kier molecular flexibility index (Phi) is 113. The number of carbonyl (C=O) groups excluding carboxylic acids is 8. The van der Waals surface area contributed by atoms with Gasteiger partial charge in [0, 0.05) is 140 Å². The van der Waals surface area contributed by atoms with E-state index in [1.807, 2.05) is 9.80 Å². The van der Waals surface area contributed by atoms with Gasteiger partial charge in [-0.25, -0.2) is 0 Å². The van der Waals surface area contributed by atoms with Crippen molar-refractivity contribution in [2.24, 2.45) is 31.4 Å². The van der Waals surface area contributed by atoms with Crippen LogP contribution in [0.1, 0.15) is 105 Å². The van der Waals surface area contributed by atoms with Crippen molar-refractivity contribution in [3.63, 3.8) is 0 Å². The Morgan fingerprint density at radius 2 is 0.482 bits per heavy atom. The van der Waals surface area contributed by atoms with Crippen LogP contribution in [-0.2, 0) is 66.0 Å². The zero-order valence-electron chi connectivity index (χ0n) is 57.0. The van der Waals surface area contributed by atoms with Gasteiger partial charge in [0.2, 0.25) is 0 Å². The molecule has 0 saturated heterocycles. The molecule has 6 aromatic carbocycles. The van der Waals surface area contributed by atoms with Crippen LogP contribution in [-0.4, -0.2) is 252 Å². The first kappa shape index (κ1) is 148. The summed E-state index contributed by atoms with van der Waals surface area (Å²) >= 11 is 0. The number of aliphatic hydroxyl groups is 2. The summed E-state index contributed by atoms with van der Waals surface area (Å²) in [7, 11) is 2.00. The van der Waals surface area contributed by atoms with Crippen LogP contribution in [0.5, 0.6) is 34.5 Å². The van der Waals surface area contributed by atoms with Gasteiger partial charge in [0.1, 0.15) is 12.6 Å². The molecule has 0 aliphatic rings. The molecule has 42 nitrogen and oxygen atoms in total. The van der Waals surface area contributed by atoms with Crippen LogP contribution in [0.4, 0.5) is 0 Å². The third-order valence-electron chi connectivity index (χ3n) is 11.8. The van der Waals surface area contributed by atoms with Crippen LogP contribution in [0.2, 0.25) is 0 Å². The number of para-hydroxylation sites is 6. The van der Waals surface area contributed by atoms with Gasteiger partial charge >= 0.3 is 104 Å². The van der Waals surface area contributed by atoms with Crippen LogP contribution in [0.3, 0.4) is 0 Å². The molecule has 0 atom stereocenters. The minimum Gasteiger partial charge on any atom is -0.872 e. The number of aliphatic hydroxyl groups excluding tert-OH is 2. The van der Waals surface area contributed by atoms with Gasteiger partial charge in [0.15, 0.2) is 0 Å². The van der Waals surface area contributed by atoms with E-state index >= 15 is 0 Å². The van der Waals surface area contributed by atoms with Crippen molar-refractivity contribution < 1.29 is 317 Å². The molecule has 0 aliphatic carbocycles. The molecule has 110 heavy (non-hydrogen) atoms. The van der Waals surface area contributed by atoms with Crippen molar-refractivity contribution in [1.29, 1.82) is 0 Å². The van der Waals surface area contributed by atoms with E-state index in [9.17, 15) is 99.6 Å². The number of benzene rings is 6. The summed E-state index contributed by atoms with van der Waals surface area (Å²) in [6.07, 6.45) is 5.94. The fraction of sp³-hybridized carbons (Fsp3) is 0.226. The van der Waals surface area contributed by atoms with Crippen molar-refractivity contribution in [3.05, 3.63) is 176 Å². The summed E-state index contributed by atoms with van der Waals surface area (Å²) in [6, 6.07) is 23.8. The molecular formula is C62H82Ho2N8Ni4O34-2. The fourth-order valence-electron chi connectivity index (χ4n) is 7.37. The molecule has 0 aliphatic heterocycles. The van der Waals surface area contributed by atoms with E-state index in [0.717, 1.165) is 26.4 Å². The number of aldehydes is 2. The van der Waals surface area contributed by atoms with Gasteiger partial charge in [-0.15, -0.1) is 0 Å². The van der Waals surface area contributed by atoms with Crippen LogP contribution in [0, 0.1) is 75.5 Å². The summed E-state index contributed by atoms with van der Waals surface area (Å²) in [5, 5.41) is 148. The van der Waals surface area contributed by atoms with Crippen molar-refractivity contribution >= 4 is 73.2 Å². The molecule has 0 heterocycles. The Bertz CT molecular complexity index is 3220. The molecule has 28 N–H and O–H groups in total. The Labute approximate surface area is 728 Å². The topological polar surface area (TPSA) is 937 Å². The number of rotatable bonds is 28. The minimum atomic E-state index is -1.57. The second-order valence-corrected chi connectivity index (χ2v) is 17.7. The molecule has 638 valence electrons. The Balaban J connectivity index is -0.0000000638. The molecule has 48 heteroatoms. The maximum Gasteiger partial charge on any atom is 3.00 e. The van der Waals surface area contributed by atoms with E-state index in [1.165, 1.54) is 122 Å². The van der Waals surface area contributed by atoms with E-state index in [-0.39, 0.29) is 241 Å². The van der Waals surface area contributed by atoms with Gasteiger partial charge in [0.05, 0.1) is 62.0 Å². The molecule has 0 aromatic heterocycles. The standard InChI is InChI=1S/2C22H26N4O6.2C8H6O4.2CH4O.2Ho.4Ni.12H2O/c2*23-7-10-26(11-8-24-13-15-3-1-5-17(19(15)27)21(29)30)12-9-25-14-16-4-2-6-18(20(16)28)22(31)32;2*9-4-5-2-1-3-6(7(5)10)8(11)12;2*1-2;;;;;;;;;;;;;;;;;;/h2*1-6,13-14,27-28H,7-12,23H2,(H,29,30)(H,31,32);2*1-4,10H,(H,11,12);2*2H,1H3;;;;;;;12*1H2/q;;;;;;;+3;3*+2;+3;;;;;;;;;;;;/p-14. The summed E-state index contributed by atoms with van der Waals surface area (Å²) < 4.78 is 0. The van der Waals surface area contributed by atoms with Gasteiger partial charge in [-0.2, -0.15) is 0 Å². The van der Waals surface area contributed by atoms with Crippen LogP contribution in [0.25, 0.3) is 0 Å². The van der Waals surface area contributed by atoms with Crippen LogP contribution >= 0.6 is 0 Å². The van der Waals surface area contributed by atoms with Gasteiger partial charge in [-0.1, -0.05) is 144 Å². The van der Waals surface area contributed by atoms with Gasteiger partial charge in [-0.05, 0) is 55.6 Å². The first-order valence-electron chi connectivity index (χ1n) is 26.7. The van der Waals surface area contributed by atoms with Gasteiger partial charge in [-0.3, -0.25) is 39.4 Å². The third kappa shape index (κ3) is 52.1. The minimum absolute atomic E-state index is 0. The van der Waals surface area contributed by atoms with Crippen LogP contribution in [0.15, 0.2) is 129 Å². The summed E-state index contributed by atoms with van der Waals surface area (Å²) in [4.78, 5) is 105. The molecule has 6 aromatic rings. The quantitative estimate of drug-likeness (QED) is 0.0201. The van der Waals surface area contributed by atoms with Crippen molar-refractivity contribution in [1.82, 2.24) is 9.80 Å². The SMILES string of the molecule is CO.CO.NCCN(CCN=Cc1cccc(C(=O)[O-])c1[O-])CCN=Cc1cccc(C(=O)[O-])c1[O-].NCCN(CCN=Cc1cccc(C(=O)[O-])c1[O-])CCN=Cc1cccc(C(=O)[O-])c1[O-].O.O.O.O.O.O.O.O.O.O.O=Cc1cccc(C(=O)[O-])c1[O-].O=Cc1cccc(C(=O)[O-])c1[O-].[Ho+3].[Ho].[Ni+2].[Ni+2].[Ni+2].[Ni+3].[OH-].[OH-]. The molecule has 0 bridgehead atoms. The van der Waals surface area contributed by atoms with Crippen LogP contribution < -0.4 is 72.7 Å². The molecule has 2 radical (unpaired) electrons. The molecule has 0 amide bonds. The zero-order chi connectivity index (χ0) is 69.3. The largest absolute Gasteiger partial charge is 3.00 e. The number of carbonyl (C=O) groups is 8. The number of carboxylic acids is 6. The number of hydrogen-bond acceptors (Lipinski definition) is 32. The van der Waals surface area contributed by atoms with E-state index in [0.29, 0.717) is 91.1 Å². The molecule has 0 spiro atoms. The Morgan fingerprint density at radius 3 is 0.618 bits per heavy atom. The van der Waals surface area contributed by atoms with Gasteiger partial charge in [0.25, 0.3) is 0 Å². The van der Waals surface area contributed by atoms with Crippen molar-refractivity contribution in [2.45, 2.75) is 0 Å². The maximum atomic E-state index is 12.0. The second kappa shape index (κ2) is 84.2. The summed E-state index contributed by atoms with van der Waals surface area (Å²) in [5.41, 5.74) is 8.93. The molecule has 0 unspecified atom stereocenters. The zero-order valence-corrected chi connectivity index (χ0v) is 64.8. The maximum absolute atomic E-state index is 12.0. The van der Waals surface area contributed by atoms with E-state index < -0.39 is 104 Å². The number of nitrogens with zero attached hydrogens (tertiary/aromatic N) is 6. The summed E-state index contributed by atoms with van der Waals surface area (Å²) in [5.74, 6) is -13.5. The van der Waals surface area contributed by atoms with E-state index in [1.54, 1.807) is 0 Å². The monoisotopic (exact) mass is 2040 g/mol. The second-order valence-electron chi connectivity index (χ2n) is 17.7. The normalized spacial score (nSPS) is 8.87. The average molecular weight is 2050 g/mol. The molecule has 6 rings (SSSR count). The number of nitrogens with two attached hydrogens (primary N) is 2. The number of aliphatic imine (C=N–C) groups is 4. The van der Waals surface area contributed by atoms with Crippen molar-refractivity contribution in [3.8, 4) is 34.5 Å². The van der Waals surface area contributed by atoms with Gasteiger partial charge < -0.3 is 177 Å². The third-order valence-corrected chi connectivity index (χ3v) is 11.8. The predicted octanol–water partition coefficient (Wildman–Crippen LogP) is -16.8. The molecule has 0 fully saturated rings. The number of carboxylic acid groups (broad SMARTS) is 6. The Hall–Kier alpha value is -7.27. The smallest absolute Gasteiger partial charge is 0.872 e. The summed E-state index contributed by atoms with van der Waals surface area (Å²) in [6.45, 7) is 5.41. The molecular weight excluding hydrogens is 1970 g/mol. The Morgan fingerprint density at radius 1 is 0.336 bits per heavy atom. The molecule has 0 saturated carbocycles. The number of hydrogen-bond donors (Lipinski definition) is 4. The van der Waals surface area contributed by atoms with E-state index in [4.69, 9.17) is 21.7 Å². The predicted molar refractivity (Wildman–Crippen MR) is 349 cm³/mol. The van der Waals surface area contributed by atoms with E-state index in [2.05, 4.69) is 20.0 Å². The first-order valence-corrected chi connectivity index (χ1v) is 26.7.